The van der Waals surface area contributed by atoms with E-state index in [9.17, 15) is 0 Å². The third-order valence-electron chi connectivity index (χ3n) is 2.87. The van der Waals surface area contributed by atoms with Gasteiger partial charge in [0.15, 0.2) is 5.82 Å². The van der Waals surface area contributed by atoms with Crippen molar-refractivity contribution in [2.24, 2.45) is 0 Å². The summed E-state index contributed by atoms with van der Waals surface area (Å²) in [5.41, 5.74) is 1.12. The average molecular weight is 275 g/mol. The van der Waals surface area contributed by atoms with E-state index in [1.54, 1.807) is 0 Å². The molecule has 1 aliphatic rings. The third-order valence-corrected chi connectivity index (χ3v) is 2.87. The minimum atomic E-state index is 0. The number of nitrogens with one attached hydrogen (secondary N) is 2. The molecule has 1 aliphatic heterocycles. The van der Waals surface area contributed by atoms with Crippen molar-refractivity contribution in [2.75, 3.05) is 31.1 Å². The Morgan fingerprint density at radius 2 is 1.76 bits per heavy atom. The van der Waals surface area contributed by atoms with Gasteiger partial charge in [-0.05, 0) is 12.1 Å². The summed E-state index contributed by atoms with van der Waals surface area (Å²) in [6.07, 6.45) is 0. The van der Waals surface area contributed by atoms with Crippen molar-refractivity contribution in [2.45, 2.75) is 0 Å². The van der Waals surface area contributed by atoms with Gasteiger partial charge in [0.25, 0.3) is 0 Å². The molecule has 94 valence electrons. The number of fused-ring (bicyclic) bond motifs is 1. The first-order chi connectivity index (χ1) is 7.45. The molecule has 3 rings (SSSR count). The minimum Gasteiger partial charge on any atom is -0.352 e. The maximum Gasteiger partial charge on any atom is 0.158 e. The zero-order valence-electron chi connectivity index (χ0n) is 9.35. The van der Waals surface area contributed by atoms with Gasteiger partial charge in [0.05, 0.1) is 5.52 Å². The summed E-state index contributed by atoms with van der Waals surface area (Å²) in [7, 11) is 0. The van der Waals surface area contributed by atoms with Crippen molar-refractivity contribution in [1.29, 1.82) is 0 Å². The van der Waals surface area contributed by atoms with E-state index in [1.807, 2.05) is 6.07 Å². The summed E-state index contributed by atoms with van der Waals surface area (Å²) in [6.45, 7) is 4.16. The van der Waals surface area contributed by atoms with Gasteiger partial charge in [-0.15, -0.1) is 24.8 Å². The van der Waals surface area contributed by atoms with Crippen molar-refractivity contribution in [3.63, 3.8) is 0 Å². The number of piperazine rings is 1. The Morgan fingerprint density at radius 1 is 1.06 bits per heavy atom. The molecule has 4 nitrogen and oxygen atoms in total. The molecule has 6 heteroatoms. The lowest BCUT2D eigenvalue weighted by Gasteiger charge is -2.27. The summed E-state index contributed by atoms with van der Waals surface area (Å²) in [5.74, 6) is 1.09. The molecular weight excluding hydrogens is 259 g/mol. The molecule has 1 aromatic carbocycles. The highest BCUT2D eigenvalue weighted by Crippen LogP contribution is 2.23. The smallest absolute Gasteiger partial charge is 0.158 e. The molecule has 0 bridgehead atoms. The van der Waals surface area contributed by atoms with Crippen molar-refractivity contribution in [3.05, 3.63) is 24.3 Å². The Kier molecular flexibility index (Phi) is 5.05. The topological polar surface area (TPSA) is 44.0 Å². The molecule has 0 atom stereocenters. The maximum atomic E-state index is 4.39. The number of hydrogen-bond acceptors (Lipinski definition) is 3. The van der Waals surface area contributed by atoms with E-state index in [2.05, 4.69) is 38.6 Å². The number of halogens is 2. The van der Waals surface area contributed by atoms with E-state index < -0.39 is 0 Å². The molecule has 17 heavy (non-hydrogen) atoms. The lowest BCUT2D eigenvalue weighted by atomic mass is 10.2. The fraction of sp³-hybridized carbons (Fsp3) is 0.364. The fourth-order valence-electron chi connectivity index (χ4n) is 2.07. The Morgan fingerprint density at radius 3 is 2.53 bits per heavy atom. The van der Waals surface area contributed by atoms with Gasteiger partial charge < -0.3 is 10.2 Å². The SMILES string of the molecule is Cl.Cl.c1ccc2c(N3CCNCC3)n[nH]c2c1. The predicted octanol–water partition coefficient (Wildman–Crippen LogP) is 1.82. The minimum absolute atomic E-state index is 0. The molecule has 2 heterocycles. The number of aromatic nitrogens is 2. The Balaban J connectivity index is 0.000000722. The van der Waals surface area contributed by atoms with Crippen LogP contribution in [-0.2, 0) is 0 Å². The van der Waals surface area contributed by atoms with Gasteiger partial charge in [-0.1, -0.05) is 12.1 Å². The highest BCUT2D eigenvalue weighted by atomic mass is 35.5. The molecule has 0 unspecified atom stereocenters. The van der Waals surface area contributed by atoms with Gasteiger partial charge in [-0.25, -0.2) is 0 Å². The van der Waals surface area contributed by atoms with Gasteiger partial charge >= 0.3 is 0 Å². The molecule has 0 saturated carbocycles. The predicted molar refractivity (Wildman–Crippen MR) is 75.7 cm³/mol. The lowest BCUT2D eigenvalue weighted by molar-refractivity contribution is 0.585. The lowest BCUT2D eigenvalue weighted by Crippen LogP contribution is -2.43. The van der Waals surface area contributed by atoms with Crippen LogP contribution in [-0.4, -0.2) is 36.4 Å². The molecule has 0 spiro atoms. The van der Waals surface area contributed by atoms with E-state index in [0.717, 1.165) is 37.5 Å². The Bertz CT molecular complexity index is 465. The largest absolute Gasteiger partial charge is 0.352 e. The molecule has 1 fully saturated rings. The van der Waals surface area contributed by atoms with Gasteiger partial charge in [0, 0.05) is 31.6 Å². The van der Waals surface area contributed by atoms with Crippen LogP contribution in [0, 0.1) is 0 Å². The summed E-state index contributed by atoms with van der Waals surface area (Å²) in [4.78, 5) is 2.33. The number of aromatic amines is 1. The second kappa shape index (κ2) is 6.10. The quantitative estimate of drug-likeness (QED) is 0.834. The van der Waals surface area contributed by atoms with Crippen LogP contribution in [0.15, 0.2) is 24.3 Å². The second-order valence-electron chi connectivity index (χ2n) is 3.83. The van der Waals surface area contributed by atoms with Crippen LogP contribution >= 0.6 is 24.8 Å². The first-order valence-electron chi connectivity index (χ1n) is 5.34. The van der Waals surface area contributed by atoms with Crippen LogP contribution in [0.5, 0.6) is 0 Å². The molecule has 1 aromatic heterocycles. The summed E-state index contributed by atoms with van der Waals surface area (Å²) in [5, 5.41) is 12.0. The molecule has 2 aromatic rings. The number of para-hydroxylation sites is 1. The average Bonchev–Trinajstić information content (AvgIpc) is 2.74. The monoisotopic (exact) mass is 274 g/mol. The van der Waals surface area contributed by atoms with Crippen molar-refractivity contribution < 1.29 is 0 Å². The standard InChI is InChI=1S/C11H14N4.2ClH/c1-2-4-10-9(3-1)11(14-13-10)15-7-5-12-6-8-15;;/h1-4,12H,5-8H2,(H,13,14);2*1H. The Labute approximate surface area is 113 Å². The Hall–Kier alpha value is -0.970. The number of hydrogen-bond donors (Lipinski definition) is 2. The van der Waals surface area contributed by atoms with Crippen molar-refractivity contribution in [3.8, 4) is 0 Å². The molecule has 0 aliphatic carbocycles. The second-order valence-corrected chi connectivity index (χ2v) is 3.83. The van der Waals surface area contributed by atoms with Gasteiger partial charge in [0.2, 0.25) is 0 Å². The summed E-state index contributed by atoms with van der Waals surface area (Å²) >= 11 is 0. The summed E-state index contributed by atoms with van der Waals surface area (Å²) < 4.78 is 0. The zero-order valence-corrected chi connectivity index (χ0v) is 11.0. The van der Waals surface area contributed by atoms with Gasteiger partial charge in [-0.2, -0.15) is 5.10 Å². The number of nitrogens with zero attached hydrogens (tertiary/aromatic N) is 2. The summed E-state index contributed by atoms with van der Waals surface area (Å²) in [6, 6.07) is 8.27. The fourth-order valence-corrected chi connectivity index (χ4v) is 2.07. The van der Waals surface area contributed by atoms with Crippen LogP contribution in [0.1, 0.15) is 0 Å². The number of benzene rings is 1. The van der Waals surface area contributed by atoms with E-state index in [1.165, 1.54) is 5.39 Å². The van der Waals surface area contributed by atoms with Crippen molar-refractivity contribution in [1.82, 2.24) is 15.5 Å². The molecule has 0 amide bonds. The van der Waals surface area contributed by atoms with Crippen LogP contribution in [0.3, 0.4) is 0 Å². The molecule has 0 radical (unpaired) electrons. The van der Waals surface area contributed by atoms with E-state index in [4.69, 9.17) is 0 Å². The number of anilines is 1. The normalized spacial score (nSPS) is 15.2. The van der Waals surface area contributed by atoms with Gasteiger partial charge in [0.1, 0.15) is 0 Å². The van der Waals surface area contributed by atoms with Gasteiger partial charge in [-0.3, -0.25) is 5.10 Å². The zero-order chi connectivity index (χ0) is 10.1. The van der Waals surface area contributed by atoms with Crippen LogP contribution < -0.4 is 10.2 Å². The van der Waals surface area contributed by atoms with E-state index in [-0.39, 0.29) is 24.8 Å². The first-order valence-corrected chi connectivity index (χ1v) is 5.34. The molecular formula is C11H16Cl2N4. The van der Waals surface area contributed by atoms with Crippen LogP contribution in [0.4, 0.5) is 5.82 Å². The van der Waals surface area contributed by atoms with Crippen LogP contribution in [0.25, 0.3) is 10.9 Å². The highest BCUT2D eigenvalue weighted by molar-refractivity contribution is 5.90. The highest BCUT2D eigenvalue weighted by Gasteiger charge is 2.15. The molecule has 1 saturated heterocycles. The number of rotatable bonds is 1. The van der Waals surface area contributed by atoms with Crippen molar-refractivity contribution >= 4 is 41.5 Å². The van der Waals surface area contributed by atoms with E-state index >= 15 is 0 Å². The van der Waals surface area contributed by atoms with E-state index in [0.29, 0.717) is 0 Å². The first kappa shape index (κ1) is 14.1. The number of H-pyrrole nitrogens is 1. The molecule has 2 N–H and O–H groups in total. The third kappa shape index (κ3) is 2.65. The maximum absolute atomic E-state index is 4.39. The van der Waals surface area contributed by atoms with Crippen LogP contribution in [0.2, 0.25) is 0 Å².